The van der Waals surface area contributed by atoms with Gasteiger partial charge in [0.15, 0.2) is 0 Å². The fourth-order valence-electron chi connectivity index (χ4n) is 2.79. The molecule has 0 fully saturated rings. The van der Waals surface area contributed by atoms with Crippen LogP contribution in [0.5, 0.6) is 0 Å². The molecule has 0 aliphatic heterocycles. The maximum atomic E-state index is 12.4. The Kier molecular flexibility index (Phi) is 4.46. The van der Waals surface area contributed by atoms with Gasteiger partial charge in [-0.25, -0.2) is 0 Å². The molecule has 6 heteroatoms. The number of rotatable bonds is 5. The number of amides is 1. The molecule has 2 heterocycles. The van der Waals surface area contributed by atoms with Gasteiger partial charge < -0.3 is 5.32 Å². The SMILES string of the molecule is CCn1nc(C)c(CNC(=O)c2ccc(-c3cn[nH]c3)cc2)c1C. The maximum Gasteiger partial charge on any atom is 0.251 e. The van der Waals surface area contributed by atoms with E-state index in [0.717, 1.165) is 34.6 Å². The van der Waals surface area contributed by atoms with Crippen LogP contribution in [0.3, 0.4) is 0 Å². The van der Waals surface area contributed by atoms with Gasteiger partial charge in [0.05, 0.1) is 11.9 Å². The normalized spacial score (nSPS) is 10.8. The Morgan fingerprint density at radius 1 is 1.21 bits per heavy atom. The Balaban J connectivity index is 1.68. The molecule has 124 valence electrons. The summed E-state index contributed by atoms with van der Waals surface area (Å²) >= 11 is 0. The smallest absolute Gasteiger partial charge is 0.251 e. The number of hydrogen-bond acceptors (Lipinski definition) is 3. The first-order valence-electron chi connectivity index (χ1n) is 8.00. The highest BCUT2D eigenvalue weighted by atomic mass is 16.1. The van der Waals surface area contributed by atoms with Crippen molar-refractivity contribution in [3.63, 3.8) is 0 Å². The number of aryl methyl sites for hydroxylation is 2. The highest BCUT2D eigenvalue weighted by molar-refractivity contribution is 5.94. The van der Waals surface area contributed by atoms with Gasteiger partial charge in [-0.2, -0.15) is 10.2 Å². The summed E-state index contributed by atoms with van der Waals surface area (Å²) in [6, 6.07) is 7.50. The van der Waals surface area contributed by atoms with Crippen LogP contribution < -0.4 is 5.32 Å². The van der Waals surface area contributed by atoms with Gasteiger partial charge in [0.25, 0.3) is 5.91 Å². The van der Waals surface area contributed by atoms with E-state index in [9.17, 15) is 4.79 Å². The minimum absolute atomic E-state index is 0.0863. The van der Waals surface area contributed by atoms with E-state index in [4.69, 9.17) is 0 Å². The van der Waals surface area contributed by atoms with Crippen LogP contribution in [0.15, 0.2) is 36.7 Å². The summed E-state index contributed by atoms with van der Waals surface area (Å²) in [5.41, 5.74) is 5.81. The molecule has 0 radical (unpaired) electrons. The number of nitrogens with zero attached hydrogens (tertiary/aromatic N) is 3. The lowest BCUT2D eigenvalue weighted by Crippen LogP contribution is -2.23. The first kappa shape index (κ1) is 16.0. The number of H-pyrrole nitrogens is 1. The lowest BCUT2D eigenvalue weighted by atomic mass is 10.1. The van der Waals surface area contributed by atoms with Gasteiger partial charge in [0, 0.05) is 41.7 Å². The monoisotopic (exact) mass is 323 g/mol. The van der Waals surface area contributed by atoms with E-state index in [1.165, 1.54) is 0 Å². The molecule has 3 rings (SSSR count). The largest absolute Gasteiger partial charge is 0.348 e. The highest BCUT2D eigenvalue weighted by Crippen LogP contribution is 2.18. The summed E-state index contributed by atoms with van der Waals surface area (Å²) < 4.78 is 1.95. The first-order valence-corrected chi connectivity index (χ1v) is 8.00. The van der Waals surface area contributed by atoms with Crippen LogP contribution in [0.4, 0.5) is 0 Å². The van der Waals surface area contributed by atoms with Crippen LogP contribution in [0.1, 0.15) is 34.2 Å². The average molecular weight is 323 g/mol. The lowest BCUT2D eigenvalue weighted by molar-refractivity contribution is 0.0951. The number of nitrogens with one attached hydrogen (secondary N) is 2. The van der Waals surface area contributed by atoms with E-state index in [2.05, 4.69) is 27.5 Å². The molecule has 0 spiro atoms. The molecule has 1 amide bonds. The van der Waals surface area contributed by atoms with Crippen molar-refractivity contribution in [2.75, 3.05) is 0 Å². The zero-order valence-electron chi connectivity index (χ0n) is 14.1. The fraction of sp³-hybridized carbons (Fsp3) is 0.278. The second kappa shape index (κ2) is 6.70. The summed E-state index contributed by atoms with van der Waals surface area (Å²) in [6.45, 7) is 7.38. The van der Waals surface area contributed by atoms with E-state index in [1.54, 1.807) is 6.20 Å². The van der Waals surface area contributed by atoms with Gasteiger partial charge >= 0.3 is 0 Å². The van der Waals surface area contributed by atoms with Crippen LogP contribution in [-0.4, -0.2) is 25.9 Å². The number of aromatic nitrogens is 4. The Bertz CT molecular complexity index is 831. The minimum Gasteiger partial charge on any atom is -0.348 e. The fourth-order valence-corrected chi connectivity index (χ4v) is 2.79. The Labute approximate surface area is 140 Å². The van der Waals surface area contributed by atoms with E-state index in [1.807, 2.05) is 49.0 Å². The van der Waals surface area contributed by atoms with Crippen molar-refractivity contribution >= 4 is 5.91 Å². The van der Waals surface area contributed by atoms with E-state index in [0.29, 0.717) is 12.1 Å². The van der Waals surface area contributed by atoms with Gasteiger partial charge in [-0.05, 0) is 38.5 Å². The summed E-state index contributed by atoms with van der Waals surface area (Å²) in [5.74, 6) is -0.0863. The van der Waals surface area contributed by atoms with Crippen LogP contribution in [0, 0.1) is 13.8 Å². The zero-order chi connectivity index (χ0) is 17.1. The van der Waals surface area contributed by atoms with Crippen molar-refractivity contribution in [1.82, 2.24) is 25.3 Å². The van der Waals surface area contributed by atoms with Gasteiger partial charge in [0.2, 0.25) is 0 Å². The van der Waals surface area contributed by atoms with Crippen molar-refractivity contribution in [2.45, 2.75) is 33.9 Å². The topological polar surface area (TPSA) is 75.6 Å². The maximum absolute atomic E-state index is 12.4. The van der Waals surface area contributed by atoms with E-state index < -0.39 is 0 Å². The molecule has 0 saturated carbocycles. The molecular formula is C18H21N5O. The third-order valence-corrected chi connectivity index (χ3v) is 4.24. The van der Waals surface area contributed by atoms with Crippen LogP contribution in [0.2, 0.25) is 0 Å². The molecule has 0 unspecified atom stereocenters. The van der Waals surface area contributed by atoms with E-state index >= 15 is 0 Å². The standard InChI is InChI=1S/C18H21N5O/c1-4-23-13(3)17(12(2)22-23)11-19-18(24)15-7-5-14(6-8-15)16-9-20-21-10-16/h5-10H,4,11H2,1-3H3,(H,19,24)(H,20,21). The number of carbonyl (C=O) groups excluding carboxylic acids is 1. The van der Waals surface area contributed by atoms with Crippen LogP contribution in [-0.2, 0) is 13.1 Å². The molecule has 24 heavy (non-hydrogen) atoms. The second-order valence-electron chi connectivity index (χ2n) is 5.71. The molecule has 2 aromatic heterocycles. The predicted molar refractivity (Wildman–Crippen MR) is 92.6 cm³/mol. The molecule has 2 N–H and O–H groups in total. The predicted octanol–water partition coefficient (Wildman–Crippen LogP) is 2.84. The summed E-state index contributed by atoms with van der Waals surface area (Å²) in [7, 11) is 0. The highest BCUT2D eigenvalue weighted by Gasteiger charge is 2.12. The summed E-state index contributed by atoms with van der Waals surface area (Å²) in [4.78, 5) is 12.4. The number of aromatic amines is 1. The van der Waals surface area contributed by atoms with Crippen molar-refractivity contribution in [3.8, 4) is 11.1 Å². The molecule has 3 aromatic rings. The molecule has 1 aromatic carbocycles. The molecule has 0 saturated heterocycles. The van der Waals surface area contributed by atoms with Crippen molar-refractivity contribution in [2.24, 2.45) is 0 Å². The number of benzene rings is 1. The Morgan fingerprint density at radius 3 is 2.54 bits per heavy atom. The number of hydrogen-bond donors (Lipinski definition) is 2. The lowest BCUT2D eigenvalue weighted by Gasteiger charge is -2.07. The van der Waals surface area contributed by atoms with Gasteiger partial charge in [0.1, 0.15) is 0 Å². The number of carbonyl (C=O) groups is 1. The Hall–Kier alpha value is -2.89. The van der Waals surface area contributed by atoms with Gasteiger partial charge in [-0.15, -0.1) is 0 Å². The third-order valence-electron chi connectivity index (χ3n) is 4.24. The average Bonchev–Trinajstić information content (AvgIpc) is 3.22. The van der Waals surface area contributed by atoms with Gasteiger partial charge in [-0.3, -0.25) is 14.6 Å². The van der Waals surface area contributed by atoms with Crippen molar-refractivity contribution in [1.29, 1.82) is 0 Å². The Morgan fingerprint density at radius 2 is 1.96 bits per heavy atom. The molecule has 0 atom stereocenters. The van der Waals surface area contributed by atoms with E-state index in [-0.39, 0.29) is 5.91 Å². The molecular weight excluding hydrogens is 302 g/mol. The zero-order valence-corrected chi connectivity index (χ0v) is 14.1. The summed E-state index contributed by atoms with van der Waals surface area (Å²) in [5, 5.41) is 14.2. The minimum atomic E-state index is -0.0863. The third kappa shape index (κ3) is 3.08. The molecule has 0 aliphatic rings. The molecule has 6 nitrogen and oxygen atoms in total. The molecule has 0 aliphatic carbocycles. The molecule has 0 bridgehead atoms. The summed E-state index contributed by atoms with van der Waals surface area (Å²) in [6.07, 6.45) is 3.58. The van der Waals surface area contributed by atoms with Crippen LogP contribution >= 0.6 is 0 Å². The van der Waals surface area contributed by atoms with Crippen molar-refractivity contribution < 1.29 is 4.79 Å². The van der Waals surface area contributed by atoms with Crippen molar-refractivity contribution in [3.05, 3.63) is 59.2 Å². The quantitative estimate of drug-likeness (QED) is 0.758. The second-order valence-corrected chi connectivity index (χ2v) is 5.71. The van der Waals surface area contributed by atoms with Gasteiger partial charge in [-0.1, -0.05) is 12.1 Å². The van der Waals surface area contributed by atoms with Crippen LogP contribution in [0.25, 0.3) is 11.1 Å². The first-order chi connectivity index (χ1) is 11.6.